The van der Waals surface area contributed by atoms with Crippen molar-refractivity contribution >= 4 is 17.6 Å². The molecule has 1 fully saturated rings. The van der Waals surface area contributed by atoms with Gasteiger partial charge < -0.3 is 15.7 Å². The van der Waals surface area contributed by atoms with Crippen molar-refractivity contribution in [3.05, 3.63) is 29.3 Å². The van der Waals surface area contributed by atoms with Crippen molar-refractivity contribution in [1.29, 1.82) is 0 Å². The Morgan fingerprint density at radius 1 is 1.43 bits per heavy atom. The van der Waals surface area contributed by atoms with E-state index in [0.29, 0.717) is 19.6 Å². The summed E-state index contributed by atoms with van der Waals surface area (Å²) in [5, 5.41) is 15.1. The van der Waals surface area contributed by atoms with Gasteiger partial charge in [-0.2, -0.15) is 0 Å². The van der Waals surface area contributed by atoms with Crippen molar-refractivity contribution in [2.24, 2.45) is 0 Å². The van der Waals surface area contributed by atoms with E-state index in [1.54, 1.807) is 4.90 Å². The lowest BCUT2D eigenvalue weighted by molar-refractivity contribution is -0.144. The molecule has 0 radical (unpaired) electrons. The maximum Gasteiger partial charge on any atom is 0.322 e. The van der Waals surface area contributed by atoms with E-state index >= 15 is 0 Å². The van der Waals surface area contributed by atoms with Crippen molar-refractivity contribution in [2.75, 3.05) is 31.5 Å². The Bertz CT molecular complexity index is 545. The van der Waals surface area contributed by atoms with Crippen LogP contribution in [0.4, 0.5) is 5.69 Å². The average molecular weight is 291 g/mol. The predicted molar refractivity (Wildman–Crippen MR) is 80.4 cm³/mol. The number of carboxylic acid groups (broad SMARTS) is 1. The van der Waals surface area contributed by atoms with Crippen LogP contribution in [-0.4, -0.2) is 54.1 Å². The van der Waals surface area contributed by atoms with E-state index in [0.717, 1.165) is 16.8 Å². The maximum absolute atomic E-state index is 12.1. The fourth-order valence-corrected chi connectivity index (χ4v) is 2.44. The van der Waals surface area contributed by atoms with Crippen LogP contribution in [0.1, 0.15) is 11.1 Å². The molecule has 0 aromatic heterocycles. The van der Waals surface area contributed by atoms with Crippen LogP contribution in [0.25, 0.3) is 0 Å². The summed E-state index contributed by atoms with van der Waals surface area (Å²) in [6, 6.07) is 5.08. The molecule has 0 saturated carbocycles. The molecule has 6 nitrogen and oxygen atoms in total. The second-order valence-corrected chi connectivity index (χ2v) is 5.32. The fourth-order valence-electron chi connectivity index (χ4n) is 2.44. The fraction of sp³-hybridized carbons (Fsp3) is 0.467. The normalized spacial score (nSPS) is 19.2. The summed E-state index contributed by atoms with van der Waals surface area (Å²) in [5.74, 6) is -1.08. The summed E-state index contributed by atoms with van der Waals surface area (Å²) in [5.41, 5.74) is 2.92. The zero-order valence-electron chi connectivity index (χ0n) is 12.3. The van der Waals surface area contributed by atoms with Gasteiger partial charge in [0.2, 0.25) is 5.91 Å². The molecule has 1 unspecified atom stereocenters. The summed E-state index contributed by atoms with van der Waals surface area (Å²) in [7, 11) is 0. The Morgan fingerprint density at radius 2 is 2.19 bits per heavy atom. The van der Waals surface area contributed by atoms with E-state index in [4.69, 9.17) is 0 Å². The van der Waals surface area contributed by atoms with E-state index in [2.05, 4.69) is 10.6 Å². The molecule has 1 amide bonds. The van der Waals surface area contributed by atoms with Gasteiger partial charge in [-0.05, 0) is 31.0 Å². The number of benzene rings is 1. The lowest BCUT2D eigenvalue weighted by Gasteiger charge is -2.32. The maximum atomic E-state index is 12.1. The molecule has 1 saturated heterocycles. The number of nitrogens with zero attached hydrogens (tertiary/aromatic N) is 1. The van der Waals surface area contributed by atoms with Crippen LogP contribution in [0.2, 0.25) is 0 Å². The zero-order chi connectivity index (χ0) is 15.4. The first-order chi connectivity index (χ1) is 9.99. The number of carbonyl (C=O) groups excluding carboxylic acids is 1. The van der Waals surface area contributed by atoms with Gasteiger partial charge in [-0.25, -0.2) is 0 Å². The van der Waals surface area contributed by atoms with Crippen LogP contribution in [0.15, 0.2) is 18.2 Å². The number of amides is 1. The highest BCUT2D eigenvalue weighted by atomic mass is 16.4. The Morgan fingerprint density at radius 3 is 2.90 bits per heavy atom. The summed E-state index contributed by atoms with van der Waals surface area (Å²) >= 11 is 0. The molecule has 1 aromatic carbocycles. The number of rotatable bonds is 4. The summed E-state index contributed by atoms with van der Waals surface area (Å²) in [4.78, 5) is 25.0. The Balaban J connectivity index is 2.00. The smallest absolute Gasteiger partial charge is 0.322 e. The lowest BCUT2D eigenvalue weighted by Crippen LogP contribution is -2.56. The van der Waals surface area contributed by atoms with Crippen LogP contribution >= 0.6 is 0 Å². The van der Waals surface area contributed by atoms with Gasteiger partial charge in [-0.3, -0.25) is 14.5 Å². The van der Waals surface area contributed by atoms with Crippen LogP contribution in [0, 0.1) is 13.8 Å². The number of anilines is 1. The second-order valence-electron chi connectivity index (χ2n) is 5.32. The third-order valence-corrected chi connectivity index (χ3v) is 3.86. The highest BCUT2D eigenvalue weighted by molar-refractivity contribution is 5.93. The minimum Gasteiger partial charge on any atom is -0.480 e. The molecule has 0 spiro atoms. The largest absolute Gasteiger partial charge is 0.480 e. The first-order valence-electron chi connectivity index (χ1n) is 7.02. The van der Waals surface area contributed by atoms with Crippen molar-refractivity contribution in [3.63, 3.8) is 0 Å². The monoisotopic (exact) mass is 291 g/mol. The van der Waals surface area contributed by atoms with Crippen LogP contribution < -0.4 is 10.6 Å². The predicted octanol–water partition coefficient (Wildman–Crippen LogP) is 0.600. The van der Waals surface area contributed by atoms with Gasteiger partial charge in [-0.1, -0.05) is 12.1 Å². The second kappa shape index (κ2) is 6.69. The standard InChI is InChI=1S/C15H21N3O3/c1-10-4-3-5-12(11(10)2)17-14(19)9-18-7-6-16-8-13(18)15(20)21/h3-5,13,16H,6-9H2,1-2H3,(H,17,19)(H,20,21). The third kappa shape index (κ3) is 3.80. The molecule has 0 bridgehead atoms. The van der Waals surface area contributed by atoms with Gasteiger partial charge in [0.05, 0.1) is 6.54 Å². The van der Waals surface area contributed by atoms with E-state index < -0.39 is 12.0 Å². The number of hydrogen-bond donors (Lipinski definition) is 3. The summed E-state index contributed by atoms with van der Waals surface area (Å²) in [6.45, 7) is 5.65. The minimum absolute atomic E-state index is 0.0893. The quantitative estimate of drug-likeness (QED) is 0.757. The number of piperazine rings is 1. The van der Waals surface area contributed by atoms with E-state index in [1.807, 2.05) is 32.0 Å². The number of hydrogen-bond acceptors (Lipinski definition) is 4. The molecule has 2 rings (SSSR count). The average Bonchev–Trinajstić information content (AvgIpc) is 2.44. The van der Waals surface area contributed by atoms with Crippen molar-refractivity contribution < 1.29 is 14.7 Å². The molecule has 3 N–H and O–H groups in total. The number of aliphatic carboxylic acids is 1. The highest BCUT2D eigenvalue weighted by Gasteiger charge is 2.29. The van der Waals surface area contributed by atoms with Crippen molar-refractivity contribution in [3.8, 4) is 0 Å². The Kier molecular flexibility index (Phi) is 4.93. The van der Waals surface area contributed by atoms with E-state index in [1.165, 1.54) is 0 Å². The first-order valence-corrected chi connectivity index (χ1v) is 7.02. The highest BCUT2D eigenvalue weighted by Crippen LogP contribution is 2.18. The van der Waals surface area contributed by atoms with Crippen molar-refractivity contribution in [2.45, 2.75) is 19.9 Å². The molecule has 1 aliphatic heterocycles. The first kappa shape index (κ1) is 15.5. The number of aryl methyl sites for hydroxylation is 1. The summed E-state index contributed by atoms with van der Waals surface area (Å²) < 4.78 is 0. The van der Waals surface area contributed by atoms with Crippen LogP contribution in [0.5, 0.6) is 0 Å². The molecule has 1 aromatic rings. The number of carbonyl (C=O) groups is 2. The minimum atomic E-state index is -0.901. The molecule has 114 valence electrons. The topological polar surface area (TPSA) is 81.7 Å². The number of carboxylic acids is 1. The van der Waals surface area contributed by atoms with Gasteiger partial charge in [0.1, 0.15) is 6.04 Å². The molecular formula is C15H21N3O3. The molecule has 21 heavy (non-hydrogen) atoms. The molecule has 1 heterocycles. The van der Waals surface area contributed by atoms with Gasteiger partial charge in [0.15, 0.2) is 0 Å². The zero-order valence-corrected chi connectivity index (χ0v) is 12.3. The van der Waals surface area contributed by atoms with Crippen LogP contribution in [0.3, 0.4) is 0 Å². The van der Waals surface area contributed by atoms with Gasteiger partial charge in [0, 0.05) is 25.3 Å². The Labute approximate surface area is 124 Å². The molecule has 1 atom stereocenters. The molecule has 6 heteroatoms. The van der Waals surface area contributed by atoms with Crippen LogP contribution in [-0.2, 0) is 9.59 Å². The lowest BCUT2D eigenvalue weighted by atomic mass is 10.1. The molecule has 0 aliphatic carbocycles. The molecule has 1 aliphatic rings. The van der Waals surface area contributed by atoms with Gasteiger partial charge in [-0.15, -0.1) is 0 Å². The number of nitrogens with one attached hydrogen (secondary N) is 2. The third-order valence-electron chi connectivity index (χ3n) is 3.86. The van der Waals surface area contributed by atoms with E-state index in [-0.39, 0.29) is 12.5 Å². The Hall–Kier alpha value is -1.92. The van der Waals surface area contributed by atoms with E-state index in [9.17, 15) is 14.7 Å². The SMILES string of the molecule is Cc1cccc(NC(=O)CN2CCNCC2C(=O)O)c1C. The molecular weight excluding hydrogens is 270 g/mol. The van der Waals surface area contributed by atoms with Gasteiger partial charge >= 0.3 is 5.97 Å². The van der Waals surface area contributed by atoms with Gasteiger partial charge in [0.25, 0.3) is 0 Å². The summed E-state index contributed by atoms with van der Waals surface area (Å²) in [6.07, 6.45) is 0. The van der Waals surface area contributed by atoms with Crippen molar-refractivity contribution in [1.82, 2.24) is 10.2 Å².